The first-order valence-electron chi connectivity index (χ1n) is 4.21. The summed E-state index contributed by atoms with van der Waals surface area (Å²) in [4.78, 5) is 3.95. The molecule has 2 rings (SSSR count). The first-order valence-corrected chi connectivity index (χ1v) is 5.28. The van der Waals surface area contributed by atoms with Crippen LogP contribution in [0.2, 0.25) is 0 Å². The maximum atomic E-state index is 12.5. The lowest BCUT2D eigenvalue weighted by atomic mass is 10.4. The van der Waals surface area contributed by atoms with Gasteiger partial charge in [0.1, 0.15) is 0 Å². The lowest BCUT2D eigenvalue weighted by molar-refractivity contribution is 0.0848. The Morgan fingerprint density at radius 1 is 1.64 bits per heavy atom. The zero-order valence-corrected chi connectivity index (χ0v) is 9.37. The van der Waals surface area contributed by atoms with Crippen LogP contribution in [0.1, 0.15) is 6.42 Å². The molecule has 0 N–H and O–H groups in total. The van der Waals surface area contributed by atoms with Crippen LogP contribution < -0.4 is 4.74 Å². The molecule has 1 heterocycles. The molecule has 1 atom stereocenters. The van der Waals surface area contributed by atoms with E-state index in [1.165, 1.54) is 0 Å². The molecular formula is C9H8F2INO. The lowest BCUT2D eigenvalue weighted by Gasteiger charge is -2.05. The third kappa shape index (κ3) is 2.13. The molecule has 0 amide bonds. The molecule has 76 valence electrons. The van der Waals surface area contributed by atoms with Crippen LogP contribution in [0.15, 0.2) is 18.3 Å². The maximum absolute atomic E-state index is 12.5. The van der Waals surface area contributed by atoms with Gasteiger partial charge < -0.3 is 4.74 Å². The van der Waals surface area contributed by atoms with Gasteiger partial charge in [-0.15, -0.1) is 0 Å². The Morgan fingerprint density at radius 2 is 2.36 bits per heavy atom. The molecule has 1 aliphatic rings. The van der Waals surface area contributed by atoms with Gasteiger partial charge >= 0.3 is 0 Å². The third-order valence-corrected chi connectivity index (χ3v) is 2.92. The Labute approximate surface area is 93.8 Å². The summed E-state index contributed by atoms with van der Waals surface area (Å²) in [6.07, 6.45) is 1.53. The van der Waals surface area contributed by atoms with Crippen LogP contribution in [0, 0.1) is 9.49 Å². The van der Waals surface area contributed by atoms with Crippen molar-refractivity contribution in [1.29, 1.82) is 0 Å². The zero-order valence-electron chi connectivity index (χ0n) is 7.21. The molecule has 2 nitrogen and oxygen atoms in total. The fraction of sp³-hybridized carbons (Fsp3) is 0.444. The third-order valence-electron chi connectivity index (χ3n) is 2.10. The monoisotopic (exact) mass is 311 g/mol. The molecule has 0 aliphatic heterocycles. The van der Waals surface area contributed by atoms with E-state index in [0.29, 0.717) is 5.88 Å². The number of aromatic nitrogens is 1. The average Bonchev–Trinajstić information content (AvgIpc) is 2.73. The first kappa shape index (κ1) is 10.1. The molecule has 0 aromatic carbocycles. The molecule has 0 spiro atoms. The van der Waals surface area contributed by atoms with Gasteiger partial charge in [0.2, 0.25) is 5.88 Å². The standard InChI is InChI=1S/C9H8F2INO/c10-9(11)4-6(9)5-14-8-7(12)2-1-3-13-8/h1-3,6H,4-5H2. The topological polar surface area (TPSA) is 22.1 Å². The summed E-state index contributed by atoms with van der Waals surface area (Å²) in [6, 6.07) is 3.61. The van der Waals surface area contributed by atoms with Gasteiger partial charge in [0.25, 0.3) is 5.92 Å². The second-order valence-electron chi connectivity index (χ2n) is 3.26. The van der Waals surface area contributed by atoms with Gasteiger partial charge in [-0.05, 0) is 34.7 Å². The number of hydrogen-bond acceptors (Lipinski definition) is 2. The molecule has 1 aromatic heterocycles. The predicted molar refractivity (Wildman–Crippen MR) is 55.5 cm³/mol. The van der Waals surface area contributed by atoms with Crippen LogP contribution in [-0.4, -0.2) is 17.5 Å². The zero-order chi connectivity index (χ0) is 10.2. The van der Waals surface area contributed by atoms with Crippen molar-refractivity contribution in [3.05, 3.63) is 21.9 Å². The lowest BCUT2D eigenvalue weighted by Crippen LogP contribution is -2.07. The number of hydrogen-bond donors (Lipinski definition) is 0. The first-order chi connectivity index (χ1) is 6.59. The van der Waals surface area contributed by atoms with Crippen molar-refractivity contribution in [2.24, 2.45) is 5.92 Å². The van der Waals surface area contributed by atoms with Crippen molar-refractivity contribution < 1.29 is 13.5 Å². The van der Waals surface area contributed by atoms with E-state index in [1.807, 2.05) is 6.07 Å². The molecule has 0 bridgehead atoms. The van der Waals surface area contributed by atoms with Crippen molar-refractivity contribution in [2.75, 3.05) is 6.61 Å². The summed E-state index contributed by atoms with van der Waals surface area (Å²) in [6.45, 7) is 0.0556. The molecule has 1 fully saturated rings. The van der Waals surface area contributed by atoms with Crippen molar-refractivity contribution >= 4 is 22.6 Å². The van der Waals surface area contributed by atoms with E-state index in [0.717, 1.165) is 3.57 Å². The van der Waals surface area contributed by atoms with Crippen LogP contribution in [0.4, 0.5) is 8.78 Å². The van der Waals surface area contributed by atoms with Crippen LogP contribution >= 0.6 is 22.6 Å². The van der Waals surface area contributed by atoms with Crippen molar-refractivity contribution in [2.45, 2.75) is 12.3 Å². The average molecular weight is 311 g/mol. The Morgan fingerprint density at radius 3 is 2.93 bits per heavy atom. The van der Waals surface area contributed by atoms with Gasteiger partial charge in [-0.1, -0.05) is 0 Å². The van der Waals surface area contributed by atoms with Gasteiger partial charge in [0, 0.05) is 12.6 Å². The highest BCUT2D eigenvalue weighted by Gasteiger charge is 2.57. The van der Waals surface area contributed by atoms with Gasteiger partial charge in [0.05, 0.1) is 16.1 Å². The molecule has 1 aromatic rings. The number of halogens is 3. The van der Waals surface area contributed by atoms with E-state index in [9.17, 15) is 8.78 Å². The van der Waals surface area contributed by atoms with Gasteiger partial charge in [-0.2, -0.15) is 0 Å². The molecule has 14 heavy (non-hydrogen) atoms. The summed E-state index contributed by atoms with van der Waals surface area (Å²) < 4.78 is 31.0. The highest BCUT2D eigenvalue weighted by Crippen LogP contribution is 2.48. The van der Waals surface area contributed by atoms with Gasteiger partial charge in [0.15, 0.2) is 0 Å². The second-order valence-corrected chi connectivity index (χ2v) is 4.43. The Bertz CT molecular complexity index is 345. The van der Waals surface area contributed by atoms with Crippen molar-refractivity contribution in [3.63, 3.8) is 0 Å². The maximum Gasteiger partial charge on any atom is 0.255 e. The summed E-state index contributed by atoms with van der Waals surface area (Å²) >= 11 is 2.06. The molecule has 0 radical (unpaired) electrons. The molecular weight excluding hydrogens is 303 g/mol. The van der Waals surface area contributed by atoms with E-state index >= 15 is 0 Å². The van der Waals surface area contributed by atoms with Crippen LogP contribution in [0.25, 0.3) is 0 Å². The van der Waals surface area contributed by atoms with Crippen LogP contribution in [-0.2, 0) is 0 Å². The van der Waals surface area contributed by atoms with Crippen molar-refractivity contribution in [3.8, 4) is 5.88 Å². The normalized spacial score (nSPS) is 23.2. The predicted octanol–water partition coefficient (Wildman–Crippen LogP) is 2.72. The highest BCUT2D eigenvalue weighted by molar-refractivity contribution is 14.1. The smallest absolute Gasteiger partial charge is 0.255 e. The Hall–Kier alpha value is -0.460. The van der Waals surface area contributed by atoms with Gasteiger partial charge in [-0.3, -0.25) is 0 Å². The molecule has 5 heteroatoms. The molecule has 1 aliphatic carbocycles. The van der Waals surface area contributed by atoms with E-state index in [2.05, 4.69) is 27.6 Å². The number of alkyl halides is 2. The van der Waals surface area contributed by atoms with Crippen LogP contribution in [0.3, 0.4) is 0 Å². The highest BCUT2D eigenvalue weighted by atomic mass is 127. The number of nitrogens with zero attached hydrogens (tertiary/aromatic N) is 1. The SMILES string of the molecule is FC1(F)CC1COc1ncccc1I. The minimum atomic E-state index is -2.51. The van der Waals surface area contributed by atoms with E-state index in [4.69, 9.17) is 4.74 Å². The summed E-state index contributed by atoms with van der Waals surface area (Å²) in [7, 11) is 0. The fourth-order valence-electron chi connectivity index (χ4n) is 1.11. The van der Waals surface area contributed by atoms with Gasteiger partial charge in [-0.25, -0.2) is 13.8 Å². The summed E-state index contributed by atoms with van der Waals surface area (Å²) in [5.41, 5.74) is 0. The number of rotatable bonds is 3. The quantitative estimate of drug-likeness (QED) is 0.801. The molecule has 1 unspecified atom stereocenters. The number of pyridine rings is 1. The minimum absolute atomic E-state index is 0.0556. The number of ether oxygens (including phenoxy) is 1. The second kappa shape index (κ2) is 3.60. The molecule has 0 saturated heterocycles. The Balaban J connectivity index is 1.90. The summed E-state index contributed by atoms with van der Waals surface area (Å²) in [5.74, 6) is -2.70. The summed E-state index contributed by atoms with van der Waals surface area (Å²) in [5, 5.41) is 0. The van der Waals surface area contributed by atoms with E-state index < -0.39 is 11.8 Å². The largest absolute Gasteiger partial charge is 0.476 e. The van der Waals surface area contributed by atoms with E-state index in [1.54, 1.807) is 12.3 Å². The van der Waals surface area contributed by atoms with Crippen LogP contribution in [0.5, 0.6) is 5.88 Å². The molecule has 1 saturated carbocycles. The van der Waals surface area contributed by atoms with Crippen molar-refractivity contribution in [1.82, 2.24) is 4.98 Å². The fourth-order valence-corrected chi connectivity index (χ4v) is 1.61. The van der Waals surface area contributed by atoms with E-state index in [-0.39, 0.29) is 13.0 Å². The minimum Gasteiger partial charge on any atom is -0.476 e. The Kier molecular flexibility index (Phi) is 2.59.